The average Bonchev–Trinajstić information content (AvgIpc) is 2.26. The molecule has 18 heavy (non-hydrogen) atoms. The first-order valence-electron chi connectivity index (χ1n) is 6.16. The van der Waals surface area contributed by atoms with E-state index in [2.05, 4.69) is 9.88 Å². The summed E-state index contributed by atoms with van der Waals surface area (Å²) in [6.07, 6.45) is 0.630. The lowest BCUT2D eigenvalue weighted by Gasteiger charge is -2.23. The number of pyridine rings is 1. The Morgan fingerprint density at radius 1 is 1.44 bits per heavy atom. The van der Waals surface area contributed by atoms with Crippen molar-refractivity contribution in [2.75, 3.05) is 13.6 Å². The van der Waals surface area contributed by atoms with E-state index in [4.69, 9.17) is 5.11 Å². The fourth-order valence-electron chi connectivity index (χ4n) is 1.62. The van der Waals surface area contributed by atoms with Crippen molar-refractivity contribution >= 4 is 5.97 Å². The topological polar surface area (TPSA) is 53.4 Å². The van der Waals surface area contributed by atoms with Crippen LogP contribution in [0, 0.1) is 12.3 Å². The van der Waals surface area contributed by atoms with Gasteiger partial charge in [-0.1, -0.05) is 6.07 Å². The van der Waals surface area contributed by atoms with Gasteiger partial charge in [-0.25, -0.2) is 0 Å². The van der Waals surface area contributed by atoms with Crippen molar-refractivity contribution in [3.05, 3.63) is 29.6 Å². The standard InChI is InChI=1S/C14H22N2O2/c1-11-6-5-7-12(15-11)10-16(4)9-8-14(2,3)13(17)18/h5-7H,8-10H2,1-4H3,(H,17,18). The highest BCUT2D eigenvalue weighted by atomic mass is 16.4. The van der Waals surface area contributed by atoms with Crippen molar-refractivity contribution in [1.82, 2.24) is 9.88 Å². The van der Waals surface area contributed by atoms with Crippen LogP contribution in [-0.2, 0) is 11.3 Å². The Hall–Kier alpha value is -1.42. The van der Waals surface area contributed by atoms with Crippen molar-refractivity contribution in [1.29, 1.82) is 0 Å². The molecule has 0 aliphatic heterocycles. The second-order valence-corrected chi connectivity index (χ2v) is 5.45. The van der Waals surface area contributed by atoms with Gasteiger partial charge < -0.3 is 10.0 Å². The molecule has 0 saturated carbocycles. The smallest absolute Gasteiger partial charge is 0.309 e. The summed E-state index contributed by atoms with van der Waals surface area (Å²) in [6.45, 7) is 6.98. The van der Waals surface area contributed by atoms with Crippen molar-refractivity contribution in [2.45, 2.75) is 33.7 Å². The van der Waals surface area contributed by atoms with Crippen molar-refractivity contribution < 1.29 is 9.90 Å². The predicted molar refractivity (Wildman–Crippen MR) is 71.3 cm³/mol. The largest absolute Gasteiger partial charge is 0.481 e. The molecular formula is C14H22N2O2. The Morgan fingerprint density at radius 2 is 2.11 bits per heavy atom. The summed E-state index contributed by atoms with van der Waals surface area (Å²) in [5, 5.41) is 9.05. The van der Waals surface area contributed by atoms with Gasteiger partial charge in [0.25, 0.3) is 0 Å². The molecule has 1 N–H and O–H groups in total. The molecule has 0 radical (unpaired) electrons. The van der Waals surface area contributed by atoms with E-state index in [9.17, 15) is 4.79 Å². The van der Waals surface area contributed by atoms with Crippen LogP contribution < -0.4 is 0 Å². The molecule has 1 aromatic rings. The molecule has 0 unspecified atom stereocenters. The van der Waals surface area contributed by atoms with Crippen molar-refractivity contribution in [3.63, 3.8) is 0 Å². The zero-order valence-corrected chi connectivity index (χ0v) is 11.6. The molecule has 0 aliphatic rings. The molecule has 0 bridgehead atoms. The highest BCUT2D eigenvalue weighted by Crippen LogP contribution is 2.20. The van der Waals surface area contributed by atoms with Crippen LogP contribution in [0.3, 0.4) is 0 Å². The van der Waals surface area contributed by atoms with Crippen molar-refractivity contribution in [2.24, 2.45) is 5.41 Å². The van der Waals surface area contributed by atoms with E-state index in [1.54, 1.807) is 13.8 Å². The molecule has 0 aliphatic carbocycles. The van der Waals surface area contributed by atoms with Gasteiger partial charge in [-0.15, -0.1) is 0 Å². The number of nitrogens with zero attached hydrogens (tertiary/aromatic N) is 2. The van der Waals surface area contributed by atoms with Crippen LogP contribution in [0.4, 0.5) is 0 Å². The zero-order valence-electron chi connectivity index (χ0n) is 11.6. The SMILES string of the molecule is Cc1cccc(CN(C)CCC(C)(C)C(=O)O)n1. The quantitative estimate of drug-likeness (QED) is 0.842. The monoisotopic (exact) mass is 250 g/mol. The lowest BCUT2D eigenvalue weighted by Crippen LogP contribution is -2.30. The maximum absolute atomic E-state index is 11.0. The van der Waals surface area contributed by atoms with Crippen LogP contribution in [0.15, 0.2) is 18.2 Å². The molecule has 4 heteroatoms. The van der Waals surface area contributed by atoms with Gasteiger partial charge in [-0.05, 0) is 52.9 Å². The Kier molecular flexibility index (Phi) is 4.84. The average molecular weight is 250 g/mol. The number of aromatic nitrogens is 1. The van der Waals surface area contributed by atoms with Crippen LogP contribution in [0.2, 0.25) is 0 Å². The summed E-state index contributed by atoms with van der Waals surface area (Å²) in [7, 11) is 1.99. The molecule has 1 heterocycles. The number of carboxylic acids is 1. The maximum Gasteiger partial charge on any atom is 0.309 e. The number of hydrogen-bond donors (Lipinski definition) is 1. The summed E-state index contributed by atoms with van der Waals surface area (Å²) in [4.78, 5) is 17.5. The number of rotatable bonds is 6. The molecule has 4 nitrogen and oxygen atoms in total. The van der Waals surface area contributed by atoms with Crippen LogP contribution >= 0.6 is 0 Å². The molecule has 0 amide bonds. The second kappa shape index (κ2) is 5.96. The van der Waals surface area contributed by atoms with Gasteiger partial charge >= 0.3 is 5.97 Å². The third-order valence-corrected chi connectivity index (χ3v) is 3.08. The number of carbonyl (C=O) groups is 1. The second-order valence-electron chi connectivity index (χ2n) is 5.45. The normalized spacial score (nSPS) is 11.8. The summed E-state index contributed by atoms with van der Waals surface area (Å²) >= 11 is 0. The first kappa shape index (κ1) is 14.6. The Morgan fingerprint density at radius 3 is 2.67 bits per heavy atom. The molecule has 0 saturated heterocycles. The summed E-state index contributed by atoms with van der Waals surface area (Å²) in [6, 6.07) is 5.95. The number of aliphatic carboxylic acids is 1. The fourth-order valence-corrected chi connectivity index (χ4v) is 1.62. The maximum atomic E-state index is 11.0. The summed E-state index contributed by atoms with van der Waals surface area (Å²) < 4.78 is 0. The van der Waals surface area contributed by atoms with Crippen LogP contribution in [-0.4, -0.2) is 34.6 Å². The molecule has 0 atom stereocenters. The predicted octanol–water partition coefficient (Wildman–Crippen LogP) is 2.32. The van der Waals surface area contributed by atoms with Gasteiger partial charge in [-0.3, -0.25) is 9.78 Å². The molecule has 100 valence electrons. The van der Waals surface area contributed by atoms with Gasteiger partial charge in [-0.2, -0.15) is 0 Å². The van der Waals surface area contributed by atoms with E-state index in [-0.39, 0.29) is 0 Å². The Bertz CT molecular complexity index is 416. The summed E-state index contributed by atoms with van der Waals surface area (Å²) in [5.74, 6) is -0.746. The van der Waals surface area contributed by atoms with E-state index in [1.165, 1.54) is 0 Å². The van der Waals surface area contributed by atoms with E-state index >= 15 is 0 Å². The van der Waals surface area contributed by atoms with E-state index in [1.807, 2.05) is 32.2 Å². The minimum absolute atomic E-state index is 0.630. The van der Waals surface area contributed by atoms with E-state index in [0.29, 0.717) is 6.42 Å². The van der Waals surface area contributed by atoms with Crippen LogP contribution in [0.25, 0.3) is 0 Å². The highest BCUT2D eigenvalue weighted by molar-refractivity contribution is 5.73. The molecule has 0 spiro atoms. The first-order valence-corrected chi connectivity index (χ1v) is 6.16. The van der Waals surface area contributed by atoms with Gasteiger partial charge in [0.2, 0.25) is 0 Å². The number of hydrogen-bond acceptors (Lipinski definition) is 3. The minimum Gasteiger partial charge on any atom is -0.481 e. The van der Waals surface area contributed by atoms with Gasteiger partial charge in [0.1, 0.15) is 0 Å². The molecule has 1 aromatic heterocycles. The van der Waals surface area contributed by atoms with Crippen LogP contribution in [0.1, 0.15) is 31.7 Å². The molecule has 1 rings (SSSR count). The van der Waals surface area contributed by atoms with E-state index in [0.717, 1.165) is 24.5 Å². The molecule has 0 aromatic carbocycles. The zero-order chi connectivity index (χ0) is 13.8. The third kappa shape index (κ3) is 4.45. The lowest BCUT2D eigenvalue weighted by molar-refractivity contribution is -0.147. The minimum atomic E-state index is -0.746. The fraction of sp³-hybridized carbons (Fsp3) is 0.571. The first-order chi connectivity index (χ1) is 8.31. The molecular weight excluding hydrogens is 228 g/mol. The van der Waals surface area contributed by atoms with Crippen LogP contribution in [0.5, 0.6) is 0 Å². The highest BCUT2D eigenvalue weighted by Gasteiger charge is 2.26. The number of carboxylic acid groups (broad SMARTS) is 1. The Labute approximate surface area is 109 Å². The lowest BCUT2D eigenvalue weighted by atomic mass is 9.89. The number of aryl methyl sites for hydroxylation is 1. The third-order valence-electron chi connectivity index (χ3n) is 3.08. The molecule has 0 fully saturated rings. The van der Waals surface area contributed by atoms with E-state index < -0.39 is 11.4 Å². The van der Waals surface area contributed by atoms with Gasteiger partial charge in [0.15, 0.2) is 0 Å². The van der Waals surface area contributed by atoms with Crippen molar-refractivity contribution in [3.8, 4) is 0 Å². The van der Waals surface area contributed by atoms with Gasteiger partial charge in [0, 0.05) is 12.2 Å². The Balaban J connectivity index is 2.47. The summed E-state index contributed by atoms with van der Waals surface area (Å²) in [5.41, 5.74) is 1.35. The van der Waals surface area contributed by atoms with Gasteiger partial charge in [0.05, 0.1) is 11.1 Å².